The van der Waals surface area contributed by atoms with Crippen molar-refractivity contribution in [1.29, 1.82) is 0 Å². The van der Waals surface area contributed by atoms with Crippen LogP contribution in [0.3, 0.4) is 0 Å². The highest BCUT2D eigenvalue weighted by Gasteiger charge is 2.32. The molecule has 0 bridgehead atoms. The first-order chi connectivity index (χ1) is 11.3. The molecule has 5 nitrogen and oxygen atoms in total. The zero-order chi connectivity index (χ0) is 16.1. The van der Waals surface area contributed by atoms with E-state index in [0.717, 1.165) is 29.9 Å². The van der Waals surface area contributed by atoms with Gasteiger partial charge < -0.3 is 14.5 Å². The van der Waals surface area contributed by atoms with E-state index in [4.69, 9.17) is 9.47 Å². The summed E-state index contributed by atoms with van der Waals surface area (Å²) in [6.07, 6.45) is 2.88. The fourth-order valence-corrected chi connectivity index (χ4v) is 2.51. The molecule has 0 spiro atoms. The molecule has 2 aromatic rings. The highest BCUT2D eigenvalue weighted by Crippen LogP contribution is 2.40. The van der Waals surface area contributed by atoms with Crippen LogP contribution in [-0.4, -0.2) is 29.2 Å². The topological polar surface area (TPSA) is 64.2 Å². The molecule has 0 aliphatic heterocycles. The predicted octanol–water partition coefficient (Wildman–Crippen LogP) is 3.22. The van der Waals surface area contributed by atoms with E-state index in [9.17, 15) is 4.79 Å². The minimum Gasteiger partial charge on any atom is -0.461 e. The minimum absolute atomic E-state index is 0.331. The van der Waals surface area contributed by atoms with Crippen LogP contribution in [0.5, 0.6) is 0 Å². The van der Waals surface area contributed by atoms with Gasteiger partial charge in [0.05, 0.1) is 25.5 Å². The number of hydrogen-bond acceptors (Lipinski definition) is 4. The van der Waals surface area contributed by atoms with Gasteiger partial charge in [-0.05, 0) is 25.3 Å². The fourth-order valence-electron chi connectivity index (χ4n) is 2.51. The van der Waals surface area contributed by atoms with Crippen molar-refractivity contribution in [2.75, 3.05) is 13.2 Å². The number of hydrogen-bond donors (Lipinski definition) is 1. The molecular formula is C18H22N2O3. The van der Waals surface area contributed by atoms with Gasteiger partial charge in [-0.1, -0.05) is 30.3 Å². The van der Waals surface area contributed by atoms with Gasteiger partial charge in [0.15, 0.2) is 5.69 Å². The normalized spacial score (nSPS) is 14.0. The Hall–Kier alpha value is -2.14. The van der Waals surface area contributed by atoms with Crippen molar-refractivity contribution in [1.82, 2.24) is 9.97 Å². The van der Waals surface area contributed by atoms with E-state index in [2.05, 4.69) is 9.97 Å². The molecule has 1 aromatic carbocycles. The SMILES string of the molecule is CCOC(=O)c1nc(CCOCc2ccccc2)[nH]c1C1CC1. The lowest BCUT2D eigenvalue weighted by atomic mass is 10.2. The second-order valence-corrected chi connectivity index (χ2v) is 5.73. The van der Waals surface area contributed by atoms with E-state index in [0.29, 0.717) is 37.9 Å². The third kappa shape index (κ3) is 4.20. The Labute approximate surface area is 136 Å². The van der Waals surface area contributed by atoms with E-state index in [1.54, 1.807) is 6.92 Å². The van der Waals surface area contributed by atoms with Crippen LogP contribution in [-0.2, 0) is 22.5 Å². The van der Waals surface area contributed by atoms with Crippen molar-refractivity contribution in [3.8, 4) is 0 Å². The molecule has 0 radical (unpaired) electrons. The van der Waals surface area contributed by atoms with Crippen molar-refractivity contribution < 1.29 is 14.3 Å². The number of aromatic nitrogens is 2. The third-order valence-corrected chi connectivity index (χ3v) is 3.83. The summed E-state index contributed by atoms with van der Waals surface area (Å²) in [5.41, 5.74) is 2.53. The Morgan fingerprint density at radius 3 is 2.78 bits per heavy atom. The molecule has 1 aliphatic carbocycles. The van der Waals surface area contributed by atoms with Gasteiger partial charge in [-0.25, -0.2) is 9.78 Å². The van der Waals surface area contributed by atoms with Crippen molar-refractivity contribution in [3.63, 3.8) is 0 Å². The summed E-state index contributed by atoms with van der Waals surface area (Å²) in [6.45, 7) is 3.32. The number of imidazole rings is 1. The summed E-state index contributed by atoms with van der Waals surface area (Å²) < 4.78 is 10.8. The molecule has 0 unspecified atom stereocenters. The number of nitrogens with zero attached hydrogens (tertiary/aromatic N) is 1. The maximum Gasteiger partial charge on any atom is 0.358 e. The van der Waals surface area contributed by atoms with E-state index >= 15 is 0 Å². The van der Waals surface area contributed by atoms with Gasteiger partial charge in [0.1, 0.15) is 5.82 Å². The highest BCUT2D eigenvalue weighted by molar-refractivity contribution is 5.89. The average Bonchev–Trinajstić information content (AvgIpc) is 3.33. The average molecular weight is 314 g/mol. The van der Waals surface area contributed by atoms with Crippen LogP contribution < -0.4 is 0 Å². The fraction of sp³-hybridized carbons (Fsp3) is 0.444. The Morgan fingerprint density at radius 2 is 2.09 bits per heavy atom. The maximum absolute atomic E-state index is 12.0. The quantitative estimate of drug-likeness (QED) is 0.600. The number of esters is 1. The summed E-state index contributed by atoms with van der Waals surface area (Å²) in [7, 11) is 0. The van der Waals surface area contributed by atoms with Crippen LogP contribution in [0.2, 0.25) is 0 Å². The first-order valence-corrected chi connectivity index (χ1v) is 8.15. The summed E-state index contributed by atoms with van der Waals surface area (Å²) >= 11 is 0. The molecule has 122 valence electrons. The number of benzene rings is 1. The number of nitrogens with one attached hydrogen (secondary N) is 1. The van der Waals surface area contributed by atoms with E-state index in [1.165, 1.54) is 0 Å². The van der Waals surface area contributed by atoms with E-state index < -0.39 is 0 Å². The van der Waals surface area contributed by atoms with Crippen molar-refractivity contribution in [3.05, 3.63) is 53.1 Å². The Bertz CT molecular complexity index is 648. The highest BCUT2D eigenvalue weighted by atomic mass is 16.5. The van der Waals surface area contributed by atoms with E-state index in [1.807, 2.05) is 30.3 Å². The zero-order valence-electron chi connectivity index (χ0n) is 13.4. The van der Waals surface area contributed by atoms with Crippen LogP contribution in [0.4, 0.5) is 0 Å². The number of rotatable bonds is 8. The lowest BCUT2D eigenvalue weighted by molar-refractivity contribution is 0.0518. The number of aromatic amines is 1. The molecule has 1 saturated carbocycles. The standard InChI is InChI=1S/C18H22N2O3/c1-2-23-18(21)17-16(14-8-9-14)19-15(20-17)10-11-22-12-13-6-4-3-5-7-13/h3-7,14H,2,8-12H2,1H3,(H,19,20). The molecule has 0 amide bonds. The summed E-state index contributed by atoms with van der Waals surface area (Å²) in [4.78, 5) is 19.7. The van der Waals surface area contributed by atoms with Crippen LogP contribution in [0.1, 0.15) is 53.3 Å². The largest absolute Gasteiger partial charge is 0.461 e. The van der Waals surface area contributed by atoms with E-state index in [-0.39, 0.29) is 5.97 Å². The molecule has 1 aromatic heterocycles. The van der Waals surface area contributed by atoms with Gasteiger partial charge in [-0.2, -0.15) is 0 Å². The number of H-pyrrole nitrogens is 1. The van der Waals surface area contributed by atoms with Crippen LogP contribution in [0.15, 0.2) is 30.3 Å². The van der Waals surface area contributed by atoms with Gasteiger partial charge in [0.25, 0.3) is 0 Å². The number of ether oxygens (including phenoxy) is 2. The monoisotopic (exact) mass is 314 g/mol. The van der Waals surface area contributed by atoms with Crippen molar-refractivity contribution in [2.45, 2.75) is 38.7 Å². The summed E-state index contributed by atoms with van der Waals surface area (Å²) in [5, 5.41) is 0. The van der Waals surface area contributed by atoms with Gasteiger partial charge in [0, 0.05) is 12.3 Å². The molecule has 1 N–H and O–H groups in total. The molecule has 1 fully saturated rings. The molecule has 3 rings (SSSR count). The first kappa shape index (κ1) is 15.7. The van der Waals surface area contributed by atoms with Crippen LogP contribution in [0.25, 0.3) is 0 Å². The molecule has 0 atom stereocenters. The second kappa shape index (κ2) is 7.42. The Balaban J connectivity index is 1.55. The maximum atomic E-state index is 12.0. The van der Waals surface area contributed by atoms with Gasteiger partial charge >= 0.3 is 5.97 Å². The van der Waals surface area contributed by atoms with Gasteiger partial charge in [0.2, 0.25) is 0 Å². The zero-order valence-corrected chi connectivity index (χ0v) is 13.4. The molecule has 0 saturated heterocycles. The molecule has 1 heterocycles. The van der Waals surface area contributed by atoms with Crippen molar-refractivity contribution in [2.24, 2.45) is 0 Å². The second-order valence-electron chi connectivity index (χ2n) is 5.73. The van der Waals surface area contributed by atoms with Crippen molar-refractivity contribution >= 4 is 5.97 Å². The van der Waals surface area contributed by atoms with Gasteiger partial charge in [-0.15, -0.1) is 0 Å². The number of carbonyl (C=O) groups is 1. The molecule has 5 heteroatoms. The lowest BCUT2D eigenvalue weighted by Crippen LogP contribution is -2.08. The van der Waals surface area contributed by atoms with Crippen LogP contribution >= 0.6 is 0 Å². The molecular weight excluding hydrogens is 292 g/mol. The third-order valence-electron chi connectivity index (χ3n) is 3.83. The molecule has 23 heavy (non-hydrogen) atoms. The van der Waals surface area contributed by atoms with Gasteiger partial charge in [-0.3, -0.25) is 0 Å². The Morgan fingerprint density at radius 1 is 1.30 bits per heavy atom. The lowest BCUT2D eigenvalue weighted by Gasteiger charge is -2.02. The predicted molar refractivity (Wildman–Crippen MR) is 86.3 cm³/mol. The summed E-state index contributed by atoms with van der Waals surface area (Å²) in [6, 6.07) is 10.1. The number of carbonyl (C=O) groups excluding carboxylic acids is 1. The molecule has 1 aliphatic rings. The first-order valence-electron chi connectivity index (χ1n) is 8.15. The summed E-state index contributed by atoms with van der Waals surface area (Å²) in [5.74, 6) is 0.894. The smallest absolute Gasteiger partial charge is 0.358 e. The minimum atomic E-state index is -0.331. The Kier molecular flexibility index (Phi) is 5.08. The van der Waals surface area contributed by atoms with Crippen LogP contribution in [0, 0.1) is 0 Å².